The fraction of sp³-hybridized carbons (Fsp3) is 0.636. The first-order valence-corrected chi connectivity index (χ1v) is 4.50. The first kappa shape index (κ1) is 8.58. The summed E-state index contributed by atoms with van der Waals surface area (Å²) in [5.74, 6) is 1.45. The summed E-state index contributed by atoms with van der Waals surface area (Å²) >= 11 is 0. The molecule has 11 heavy (non-hydrogen) atoms. The molecule has 1 atom stereocenters. The van der Waals surface area contributed by atoms with Crippen molar-refractivity contribution in [2.24, 2.45) is 11.8 Å². The Morgan fingerprint density at radius 1 is 1.45 bits per heavy atom. The van der Waals surface area contributed by atoms with Gasteiger partial charge in [0.1, 0.15) is 0 Å². The van der Waals surface area contributed by atoms with Gasteiger partial charge >= 0.3 is 0 Å². The van der Waals surface area contributed by atoms with Crippen molar-refractivity contribution in [2.45, 2.75) is 34.1 Å². The Bertz CT molecular complexity index is 194. The van der Waals surface area contributed by atoms with E-state index in [0.29, 0.717) is 5.92 Å². The Morgan fingerprint density at radius 2 is 2.09 bits per heavy atom. The first-order chi connectivity index (χ1) is 5.13. The highest BCUT2D eigenvalue weighted by atomic mass is 14.2. The molecule has 0 fully saturated rings. The normalized spacial score (nSPS) is 25.0. The van der Waals surface area contributed by atoms with Crippen molar-refractivity contribution >= 4 is 0 Å². The zero-order chi connectivity index (χ0) is 8.43. The van der Waals surface area contributed by atoms with E-state index in [1.165, 1.54) is 6.42 Å². The van der Waals surface area contributed by atoms with Crippen LogP contribution in [0, 0.1) is 11.8 Å². The minimum Gasteiger partial charge on any atom is -0.0837 e. The maximum absolute atomic E-state index is 2.31. The molecule has 0 spiro atoms. The van der Waals surface area contributed by atoms with Gasteiger partial charge in [-0.1, -0.05) is 38.5 Å². The van der Waals surface area contributed by atoms with E-state index in [1.807, 2.05) is 0 Å². The highest BCUT2D eigenvalue weighted by Crippen LogP contribution is 2.28. The van der Waals surface area contributed by atoms with E-state index in [0.717, 1.165) is 5.92 Å². The molecular formula is C11H18. The van der Waals surface area contributed by atoms with E-state index in [4.69, 9.17) is 0 Å². The third-order valence-corrected chi connectivity index (χ3v) is 2.60. The van der Waals surface area contributed by atoms with E-state index >= 15 is 0 Å². The summed E-state index contributed by atoms with van der Waals surface area (Å²) in [6.07, 6.45) is 5.81. The molecule has 1 unspecified atom stereocenters. The summed E-state index contributed by atoms with van der Waals surface area (Å²) in [5.41, 5.74) is 3.13. The molecule has 0 heteroatoms. The summed E-state index contributed by atoms with van der Waals surface area (Å²) < 4.78 is 0. The topological polar surface area (TPSA) is 0 Å². The van der Waals surface area contributed by atoms with Gasteiger partial charge in [-0.25, -0.2) is 0 Å². The average Bonchev–Trinajstić information content (AvgIpc) is 1.94. The lowest BCUT2D eigenvalue weighted by atomic mass is 9.85. The molecule has 62 valence electrons. The summed E-state index contributed by atoms with van der Waals surface area (Å²) in [5, 5.41) is 0. The third kappa shape index (κ3) is 1.74. The van der Waals surface area contributed by atoms with Gasteiger partial charge in [0.25, 0.3) is 0 Å². The van der Waals surface area contributed by atoms with Crippen LogP contribution in [0.4, 0.5) is 0 Å². The Hall–Kier alpha value is -0.520. The minimum atomic E-state index is 0.689. The van der Waals surface area contributed by atoms with Crippen LogP contribution < -0.4 is 0 Å². The van der Waals surface area contributed by atoms with E-state index < -0.39 is 0 Å². The second-order valence-corrected chi connectivity index (χ2v) is 3.83. The Kier molecular flexibility index (Phi) is 2.53. The van der Waals surface area contributed by atoms with Crippen LogP contribution in [0.2, 0.25) is 0 Å². The van der Waals surface area contributed by atoms with E-state index in [2.05, 4.69) is 39.8 Å². The lowest BCUT2D eigenvalue weighted by Gasteiger charge is -2.21. The van der Waals surface area contributed by atoms with Gasteiger partial charge in [-0.2, -0.15) is 0 Å². The zero-order valence-corrected chi connectivity index (χ0v) is 8.02. The largest absolute Gasteiger partial charge is 0.0837 e. The fourth-order valence-corrected chi connectivity index (χ4v) is 1.64. The molecule has 0 aromatic carbocycles. The molecular weight excluding hydrogens is 132 g/mol. The molecule has 1 aliphatic carbocycles. The predicted molar refractivity (Wildman–Crippen MR) is 50.5 cm³/mol. The van der Waals surface area contributed by atoms with Crippen molar-refractivity contribution in [3.8, 4) is 0 Å². The molecule has 0 saturated heterocycles. The van der Waals surface area contributed by atoms with Gasteiger partial charge in [-0.15, -0.1) is 0 Å². The minimum absolute atomic E-state index is 0.689. The van der Waals surface area contributed by atoms with Crippen LogP contribution in [0.1, 0.15) is 34.1 Å². The van der Waals surface area contributed by atoms with Crippen molar-refractivity contribution in [2.75, 3.05) is 0 Å². The number of hydrogen-bond donors (Lipinski definition) is 0. The van der Waals surface area contributed by atoms with Gasteiger partial charge in [0.15, 0.2) is 0 Å². The number of allylic oxidation sites excluding steroid dienone is 4. The second-order valence-electron chi connectivity index (χ2n) is 3.83. The summed E-state index contributed by atoms with van der Waals surface area (Å²) in [6.45, 7) is 9.10. The average molecular weight is 150 g/mol. The van der Waals surface area contributed by atoms with Crippen LogP contribution in [0.25, 0.3) is 0 Å². The molecule has 0 bridgehead atoms. The van der Waals surface area contributed by atoms with Crippen LogP contribution in [0.3, 0.4) is 0 Å². The lowest BCUT2D eigenvalue weighted by molar-refractivity contribution is 0.644. The third-order valence-electron chi connectivity index (χ3n) is 2.60. The van der Waals surface area contributed by atoms with E-state index in [1.54, 1.807) is 11.1 Å². The van der Waals surface area contributed by atoms with Crippen LogP contribution in [0.15, 0.2) is 23.3 Å². The fourth-order valence-electron chi connectivity index (χ4n) is 1.64. The molecule has 0 aromatic rings. The molecule has 1 rings (SSSR count). The lowest BCUT2D eigenvalue weighted by Crippen LogP contribution is -2.06. The van der Waals surface area contributed by atoms with Crippen LogP contribution in [0.5, 0.6) is 0 Å². The molecule has 0 N–H and O–H groups in total. The second kappa shape index (κ2) is 3.25. The van der Waals surface area contributed by atoms with Gasteiger partial charge in [0.2, 0.25) is 0 Å². The van der Waals surface area contributed by atoms with Gasteiger partial charge in [0.05, 0.1) is 0 Å². The van der Waals surface area contributed by atoms with Crippen molar-refractivity contribution in [1.29, 1.82) is 0 Å². The summed E-state index contributed by atoms with van der Waals surface area (Å²) in [6, 6.07) is 0. The Morgan fingerprint density at radius 3 is 2.55 bits per heavy atom. The van der Waals surface area contributed by atoms with Gasteiger partial charge in [0, 0.05) is 0 Å². The summed E-state index contributed by atoms with van der Waals surface area (Å²) in [4.78, 5) is 0. The Labute approximate surface area is 70.0 Å². The number of rotatable bonds is 1. The van der Waals surface area contributed by atoms with Crippen molar-refractivity contribution < 1.29 is 0 Å². The van der Waals surface area contributed by atoms with Gasteiger partial charge < -0.3 is 0 Å². The van der Waals surface area contributed by atoms with Crippen LogP contribution in [-0.2, 0) is 0 Å². The van der Waals surface area contributed by atoms with E-state index in [-0.39, 0.29) is 0 Å². The molecule has 0 amide bonds. The summed E-state index contributed by atoms with van der Waals surface area (Å²) in [7, 11) is 0. The molecule has 0 nitrogen and oxygen atoms in total. The monoisotopic (exact) mass is 150 g/mol. The highest BCUT2D eigenvalue weighted by molar-refractivity contribution is 5.31. The maximum atomic E-state index is 2.31. The first-order valence-electron chi connectivity index (χ1n) is 4.50. The van der Waals surface area contributed by atoms with Gasteiger partial charge in [-0.3, -0.25) is 0 Å². The van der Waals surface area contributed by atoms with E-state index in [9.17, 15) is 0 Å². The molecule has 0 heterocycles. The maximum Gasteiger partial charge on any atom is -0.0194 e. The molecule has 0 radical (unpaired) electrons. The van der Waals surface area contributed by atoms with Crippen molar-refractivity contribution in [1.82, 2.24) is 0 Å². The molecule has 0 aliphatic heterocycles. The highest BCUT2D eigenvalue weighted by Gasteiger charge is 2.13. The molecule has 0 saturated carbocycles. The van der Waals surface area contributed by atoms with Crippen molar-refractivity contribution in [3.63, 3.8) is 0 Å². The molecule has 1 aliphatic rings. The predicted octanol–water partition coefficient (Wildman–Crippen LogP) is 3.55. The SMILES string of the molecule is CC1=C(C(C)C)C=CCC1C. The van der Waals surface area contributed by atoms with Crippen molar-refractivity contribution in [3.05, 3.63) is 23.3 Å². The van der Waals surface area contributed by atoms with Crippen LogP contribution >= 0.6 is 0 Å². The molecule has 0 aromatic heterocycles. The Balaban J connectivity index is 2.89. The van der Waals surface area contributed by atoms with Gasteiger partial charge in [-0.05, 0) is 30.8 Å². The smallest absolute Gasteiger partial charge is 0.0194 e. The van der Waals surface area contributed by atoms with Crippen LogP contribution in [-0.4, -0.2) is 0 Å². The zero-order valence-electron chi connectivity index (χ0n) is 8.02. The quantitative estimate of drug-likeness (QED) is 0.536. The standard InChI is InChI=1S/C11H18/c1-8(2)11-7-5-6-9(3)10(11)4/h5,7-9H,6H2,1-4H3. The number of hydrogen-bond acceptors (Lipinski definition) is 0.